The molecule has 3 aromatic carbocycles. The van der Waals surface area contributed by atoms with Gasteiger partial charge in [-0.3, -0.25) is 4.55 Å². The molecule has 0 spiro atoms. The zero-order valence-corrected chi connectivity index (χ0v) is 18.1. The van der Waals surface area contributed by atoms with Crippen LogP contribution in [0.2, 0.25) is 20.1 Å². The molecule has 3 rings (SSSR count). The Labute approximate surface area is 186 Å². The maximum absolute atomic E-state index is 13.0. The summed E-state index contributed by atoms with van der Waals surface area (Å²) >= 11 is 24.4. The van der Waals surface area contributed by atoms with Crippen molar-refractivity contribution in [3.63, 3.8) is 0 Å². The third-order valence-corrected chi connectivity index (χ3v) is 6.92. The first kappa shape index (κ1) is 22.0. The van der Waals surface area contributed by atoms with Crippen LogP contribution in [0.4, 0.5) is 0 Å². The van der Waals surface area contributed by atoms with Crippen LogP contribution in [0.5, 0.6) is 11.5 Å². The van der Waals surface area contributed by atoms with Crippen LogP contribution >= 0.6 is 46.4 Å². The molecule has 0 aromatic heterocycles. The molecule has 0 fully saturated rings. The largest absolute Gasteiger partial charge is 0.506 e. The van der Waals surface area contributed by atoms with E-state index < -0.39 is 37.0 Å². The van der Waals surface area contributed by atoms with E-state index in [1.54, 1.807) is 6.07 Å². The Morgan fingerprint density at radius 3 is 1.86 bits per heavy atom. The zero-order valence-electron chi connectivity index (χ0n) is 14.3. The fourth-order valence-corrected chi connectivity index (χ4v) is 5.63. The number of phenols is 2. The minimum atomic E-state index is -5.10. The first-order valence-corrected chi connectivity index (χ1v) is 10.8. The Kier molecular flexibility index (Phi) is 5.98. The summed E-state index contributed by atoms with van der Waals surface area (Å²) in [4.78, 5) is 0. The lowest BCUT2D eigenvalue weighted by molar-refractivity contribution is 0.431. The molecule has 10 heteroatoms. The van der Waals surface area contributed by atoms with E-state index in [9.17, 15) is 23.2 Å². The van der Waals surface area contributed by atoms with Crippen LogP contribution in [0, 0.1) is 0 Å². The van der Waals surface area contributed by atoms with Crippen LogP contribution < -0.4 is 0 Å². The van der Waals surface area contributed by atoms with Crippen molar-refractivity contribution in [1.82, 2.24) is 0 Å². The minimum Gasteiger partial charge on any atom is -0.506 e. The summed E-state index contributed by atoms with van der Waals surface area (Å²) < 4.78 is 34.0. The zero-order chi connectivity index (χ0) is 21.6. The number of rotatable bonds is 4. The van der Waals surface area contributed by atoms with E-state index in [0.29, 0.717) is 0 Å². The lowest BCUT2D eigenvalue weighted by Gasteiger charge is -2.34. The lowest BCUT2D eigenvalue weighted by Crippen LogP contribution is -2.38. The quantitative estimate of drug-likeness (QED) is 0.311. The first-order chi connectivity index (χ1) is 13.5. The number of halogens is 4. The summed E-state index contributed by atoms with van der Waals surface area (Å²) in [6.07, 6.45) is 0. The molecule has 0 amide bonds. The molecule has 0 bridgehead atoms. The van der Waals surface area contributed by atoms with Crippen molar-refractivity contribution in [3.05, 3.63) is 91.4 Å². The maximum Gasteiger partial charge on any atom is 0.283 e. The molecule has 1 unspecified atom stereocenters. The van der Waals surface area contributed by atoms with Crippen LogP contribution in [-0.4, -0.2) is 23.2 Å². The van der Waals surface area contributed by atoms with Gasteiger partial charge in [-0.15, -0.1) is 0 Å². The van der Waals surface area contributed by atoms with E-state index in [2.05, 4.69) is 0 Å². The molecule has 0 aliphatic carbocycles. The summed E-state index contributed by atoms with van der Waals surface area (Å²) in [7, 11) is -5.10. The van der Waals surface area contributed by atoms with Gasteiger partial charge in [0.2, 0.25) is 0 Å². The van der Waals surface area contributed by atoms with E-state index in [-0.39, 0.29) is 26.2 Å². The number of hydrogen-bond donors (Lipinski definition) is 3. The minimum absolute atomic E-state index is 0.0276. The van der Waals surface area contributed by atoms with E-state index in [1.807, 2.05) is 0 Å². The van der Waals surface area contributed by atoms with Crippen molar-refractivity contribution in [1.29, 1.82) is 0 Å². The van der Waals surface area contributed by atoms with Gasteiger partial charge in [0.1, 0.15) is 16.5 Å². The average molecular weight is 494 g/mol. The molecule has 0 saturated heterocycles. The third-order valence-electron chi connectivity index (χ3n) is 4.36. The van der Waals surface area contributed by atoms with Crippen molar-refractivity contribution in [3.8, 4) is 11.5 Å². The van der Waals surface area contributed by atoms with Crippen molar-refractivity contribution < 1.29 is 23.2 Å². The monoisotopic (exact) mass is 492 g/mol. The summed E-state index contributed by atoms with van der Waals surface area (Å²) in [6.45, 7) is 0. The fourth-order valence-electron chi connectivity index (χ4n) is 3.25. The molecule has 0 aliphatic rings. The van der Waals surface area contributed by atoms with Crippen molar-refractivity contribution in [2.75, 3.05) is 0 Å². The van der Waals surface area contributed by atoms with E-state index in [0.717, 1.165) is 6.07 Å². The van der Waals surface area contributed by atoms with Gasteiger partial charge in [0.25, 0.3) is 10.1 Å². The van der Waals surface area contributed by atoms with Crippen LogP contribution in [-0.2, 0) is 14.9 Å². The van der Waals surface area contributed by atoms with Crippen molar-refractivity contribution in [2.24, 2.45) is 0 Å². The first-order valence-electron chi connectivity index (χ1n) is 7.89. The molecule has 0 radical (unpaired) electrons. The number of hydrogen-bond acceptors (Lipinski definition) is 4. The topological polar surface area (TPSA) is 94.8 Å². The van der Waals surface area contributed by atoms with Gasteiger partial charge < -0.3 is 10.2 Å². The normalized spacial score (nSPS) is 13.8. The van der Waals surface area contributed by atoms with Crippen molar-refractivity contribution >= 4 is 56.5 Å². The van der Waals surface area contributed by atoms with Gasteiger partial charge >= 0.3 is 0 Å². The predicted molar refractivity (Wildman–Crippen MR) is 114 cm³/mol. The van der Waals surface area contributed by atoms with Gasteiger partial charge in [-0.1, -0.05) is 76.7 Å². The summed E-state index contributed by atoms with van der Waals surface area (Å²) in [5, 5.41) is 19.8. The SMILES string of the molecule is O=S(=O)(O)C(c1ccccc1)(c1cc(Cl)cc(Cl)c1)c1c(Cl)cc(O)c(Cl)c1O. The molecule has 0 saturated carbocycles. The highest BCUT2D eigenvalue weighted by Crippen LogP contribution is 2.53. The van der Waals surface area contributed by atoms with Crippen LogP contribution in [0.15, 0.2) is 54.6 Å². The Morgan fingerprint density at radius 1 is 0.793 bits per heavy atom. The third kappa shape index (κ3) is 3.65. The van der Waals surface area contributed by atoms with Gasteiger partial charge in [0.15, 0.2) is 4.75 Å². The molecule has 0 heterocycles. The Balaban J connectivity index is 2.65. The highest BCUT2D eigenvalue weighted by molar-refractivity contribution is 7.87. The number of benzene rings is 3. The predicted octanol–water partition coefficient (Wildman–Crippen LogP) is 5.89. The van der Waals surface area contributed by atoms with Gasteiger partial charge in [-0.2, -0.15) is 8.42 Å². The van der Waals surface area contributed by atoms with E-state index in [4.69, 9.17) is 46.4 Å². The van der Waals surface area contributed by atoms with Gasteiger partial charge in [0, 0.05) is 21.7 Å². The summed E-state index contributed by atoms with van der Waals surface area (Å²) in [6, 6.07) is 12.4. The van der Waals surface area contributed by atoms with Gasteiger partial charge in [-0.05, 0) is 29.3 Å². The molecule has 29 heavy (non-hydrogen) atoms. The van der Waals surface area contributed by atoms with Crippen molar-refractivity contribution in [2.45, 2.75) is 4.75 Å². The molecule has 3 N–H and O–H groups in total. The van der Waals surface area contributed by atoms with E-state index in [1.165, 1.54) is 42.5 Å². The summed E-state index contributed by atoms with van der Waals surface area (Å²) in [5.74, 6) is -1.39. The van der Waals surface area contributed by atoms with Crippen LogP contribution in [0.1, 0.15) is 16.7 Å². The number of aromatic hydroxyl groups is 2. The lowest BCUT2D eigenvalue weighted by atomic mass is 9.83. The number of phenolic OH excluding ortho intramolecular Hbond substituents is 2. The molecule has 0 aliphatic heterocycles. The smallest absolute Gasteiger partial charge is 0.283 e. The fraction of sp³-hybridized carbons (Fsp3) is 0.0526. The average Bonchev–Trinajstić information content (AvgIpc) is 2.62. The highest BCUT2D eigenvalue weighted by Gasteiger charge is 2.52. The molecule has 152 valence electrons. The second kappa shape index (κ2) is 7.87. The Hall–Kier alpha value is -1.67. The van der Waals surface area contributed by atoms with Crippen LogP contribution in [0.25, 0.3) is 0 Å². The molecule has 5 nitrogen and oxygen atoms in total. The molecule has 1 atom stereocenters. The molecular weight excluding hydrogens is 482 g/mol. The Bertz CT molecular complexity index is 1180. The van der Waals surface area contributed by atoms with E-state index >= 15 is 0 Å². The Morgan fingerprint density at radius 2 is 1.34 bits per heavy atom. The summed E-state index contributed by atoms with van der Waals surface area (Å²) in [5.41, 5.74) is -0.531. The second-order valence-electron chi connectivity index (χ2n) is 6.10. The van der Waals surface area contributed by atoms with Crippen LogP contribution in [0.3, 0.4) is 0 Å². The van der Waals surface area contributed by atoms with Gasteiger partial charge in [-0.25, -0.2) is 0 Å². The van der Waals surface area contributed by atoms with Gasteiger partial charge in [0.05, 0.1) is 5.02 Å². The highest BCUT2D eigenvalue weighted by atomic mass is 35.5. The standard InChI is InChI=1S/C19H12Cl4O5S/c20-12-6-11(7-13(21)8-12)19(29(26,27)28,10-4-2-1-3-5-10)16-14(22)9-15(24)17(23)18(16)25/h1-9,24-25H,(H,26,27,28). The molecular formula is C19H12Cl4O5S. The second-order valence-corrected chi connectivity index (χ2v) is 9.32. The maximum atomic E-state index is 13.0. The molecule has 3 aromatic rings.